The monoisotopic (exact) mass is 127 g/mol. The number of nitrogens with two attached hydrogens (primary N) is 1. The minimum absolute atomic E-state index is 0.434. The normalized spacial score (nSPS) is 27.0. The molecule has 3 heteroatoms. The van der Waals surface area contributed by atoms with Crippen molar-refractivity contribution < 1.29 is 4.79 Å². The van der Waals surface area contributed by atoms with Gasteiger partial charge in [-0.2, -0.15) is 0 Å². The smallest absolute Gasteiger partial charge is 0.312 e. The lowest BCUT2D eigenvalue weighted by Crippen LogP contribution is -2.41. The molecular formula is C6H11N2O. The van der Waals surface area contributed by atoms with Crippen LogP contribution < -0.4 is 11.1 Å². The van der Waals surface area contributed by atoms with E-state index in [2.05, 4.69) is 12.2 Å². The zero-order valence-electron chi connectivity index (χ0n) is 5.48. The highest BCUT2D eigenvalue weighted by Crippen LogP contribution is 2.32. The Hall–Kier alpha value is -0.730. The van der Waals surface area contributed by atoms with E-state index in [0.717, 1.165) is 12.5 Å². The zero-order chi connectivity index (χ0) is 6.85. The standard InChI is InChI=1S/C6H11N2O/c1-4-2-3-5(4)8-6(7)9/h4H,2-3H2,1H3,(H3,7,8,9). The quantitative estimate of drug-likeness (QED) is 0.533. The molecule has 0 heterocycles. The molecule has 1 radical (unpaired) electrons. The molecular weight excluding hydrogens is 116 g/mol. The molecule has 0 aromatic rings. The summed E-state index contributed by atoms with van der Waals surface area (Å²) in [6, 6.07) is 0.652. The van der Waals surface area contributed by atoms with Crippen LogP contribution >= 0.6 is 0 Å². The number of nitrogens with one attached hydrogen (secondary N) is 1. The first-order valence-corrected chi connectivity index (χ1v) is 3.12. The van der Waals surface area contributed by atoms with E-state index in [-0.39, 0.29) is 0 Å². The molecule has 1 aliphatic carbocycles. The molecule has 1 saturated carbocycles. The fourth-order valence-electron chi connectivity index (χ4n) is 0.921. The maximum atomic E-state index is 10.2. The van der Waals surface area contributed by atoms with Crippen molar-refractivity contribution in [2.24, 2.45) is 11.7 Å². The number of hydrogen-bond acceptors (Lipinski definition) is 1. The molecule has 0 aromatic carbocycles. The number of primary amides is 1. The summed E-state index contributed by atoms with van der Waals surface area (Å²) < 4.78 is 0. The van der Waals surface area contributed by atoms with Gasteiger partial charge in [-0.15, -0.1) is 0 Å². The van der Waals surface area contributed by atoms with E-state index in [1.807, 2.05) is 0 Å². The van der Waals surface area contributed by atoms with Crippen molar-refractivity contribution in [3.63, 3.8) is 0 Å². The van der Waals surface area contributed by atoms with E-state index in [1.165, 1.54) is 6.42 Å². The second kappa shape index (κ2) is 2.25. The third-order valence-electron chi connectivity index (χ3n) is 1.73. The van der Waals surface area contributed by atoms with Crippen molar-refractivity contribution in [2.45, 2.75) is 19.8 Å². The van der Waals surface area contributed by atoms with Gasteiger partial charge in [-0.1, -0.05) is 6.92 Å². The van der Waals surface area contributed by atoms with Crippen LogP contribution in [0.4, 0.5) is 4.79 Å². The Balaban J connectivity index is 2.21. The summed E-state index contributed by atoms with van der Waals surface area (Å²) in [4.78, 5) is 10.2. The molecule has 2 amide bonds. The highest BCUT2D eigenvalue weighted by atomic mass is 16.2. The Morgan fingerprint density at radius 1 is 1.89 bits per heavy atom. The SMILES string of the molecule is CC1CC[C]1NC(N)=O. The molecule has 51 valence electrons. The summed E-state index contributed by atoms with van der Waals surface area (Å²) in [5, 5.41) is 2.58. The van der Waals surface area contributed by atoms with Gasteiger partial charge in [-0.05, 0) is 18.8 Å². The lowest BCUT2D eigenvalue weighted by atomic mass is 9.81. The molecule has 9 heavy (non-hydrogen) atoms. The van der Waals surface area contributed by atoms with Crippen LogP contribution in [0.1, 0.15) is 19.8 Å². The Morgan fingerprint density at radius 3 is 2.67 bits per heavy atom. The summed E-state index contributed by atoms with van der Waals surface area (Å²) >= 11 is 0. The first kappa shape index (κ1) is 6.39. The van der Waals surface area contributed by atoms with Crippen molar-refractivity contribution in [3.05, 3.63) is 6.04 Å². The van der Waals surface area contributed by atoms with Gasteiger partial charge in [-0.3, -0.25) is 0 Å². The second-order valence-electron chi connectivity index (χ2n) is 2.45. The fourth-order valence-corrected chi connectivity index (χ4v) is 0.921. The molecule has 1 aliphatic rings. The maximum absolute atomic E-state index is 10.2. The van der Waals surface area contributed by atoms with Crippen LogP contribution in [0.2, 0.25) is 0 Å². The average Bonchev–Trinajstić information content (AvgIpc) is 1.79. The third kappa shape index (κ3) is 1.34. The van der Waals surface area contributed by atoms with Crippen molar-refractivity contribution >= 4 is 6.03 Å². The number of amides is 2. The summed E-state index contributed by atoms with van der Waals surface area (Å²) in [5.74, 6) is 0.539. The van der Waals surface area contributed by atoms with Crippen LogP contribution in [0.5, 0.6) is 0 Å². The van der Waals surface area contributed by atoms with Gasteiger partial charge in [0.1, 0.15) is 0 Å². The van der Waals surface area contributed by atoms with Crippen molar-refractivity contribution in [2.75, 3.05) is 0 Å². The second-order valence-corrected chi connectivity index (χ2v) is 2.45. The maximum Gasteiger partial charge on any atom is 0.312 e. The van der Waals surface area contributed by atoms with Crippen LogP contribution in [0.3, 0.4) is 0 Å². The van der Waals surface area contributed by atoms with Gasteiger partial charge in [0.05, 0.1) is 6.04 Å². The van der Waals surface area contributed by atoms with E-state index >= 15 is 0 Å². The van der Waals surface area contributed by atoms with E-state index in [4.69, 9.17) is 5.73 Å². The molecule has 1 atom stereocenters. The van der Waals surface area contributed by atoms with Crippen LogP contribution in [0.15, 0.2) is 0 Å². The summed E-state index contributed by atoms with van der Waals surface area (Å²) in [7, 11) is 0. The highest BCUT2D eigenvalue weighted by molar-refractivity contribution is 5.73. The van der Waals surface area contributed by atoms with Gasteiger partial charge in [0, 0.05) is 0 Å². The van der Waals surface area contributed by atoms with Crippen molar-refractivity contribution in [3.8, 4) is 0 Å². The average molecular weight is 127 g/mol. The van der Waals surface area contributed by atoms with Crippen LogP contribution in [-0.4, -0.2) is 6.03 Å². The summed E-state index contributed by atoms with van der Waals surface area (Å²) in [6.45, 7) is 2.08. The molecule has 0 aliphatic heterocycles. The van der Waals surface area contributed by atoms with Gasteiger partial charge >= 0.3 is 6.03 Å². The molecule has 0 saturated heterocycles. The van der Waals surface area contributed by atoms with Gasteiger partial charge < -0.3 is 11.1 Å². The predicted octanol–water partition coefficient (Wildman–Crippen LogP) is 0.617. The Kier molecular flexibility index (Phi) is 1.60. The third-order valence-corrected chi connectivity index (χ3v) is 1.73. The van der Waals surface area contributed by atoms with Crippen molar-refractivity contribution in [1.29, 1.82) is 0 Å². The van der Waals surface area contributed by atoms with Gasteiger partial charge in [0.2, 0.25) is 0 Å². The molecule has 1 fully saturated rings. The topological polar surface area (TPSA) is 55.1 Å². The lowest BCUT2D eigenvalue weighted by Gasteiger charge is -2.32. The number of carbonyl (C=O) groups is 1. The van der Waals surface area contributed by atoms with Crippen LogP contribution in [0.25, 0.3) is 0 Å². The van der Waals surface area contributed by atoms with Gasteiger partial charge in [-0.25, -0.2) is 4.79 Å². The van der Waals surface area contributed by atoms with Crippen molar-refractivity contribution in [1.82, 2.24) is 5.32 Å². The Labute approximate surface area is 54.6 Å². The Bertz CT molecular complexity index is 124. The van der Waals surface area contributed by atoms with Gasteiger partial charge in [0.15, 0.2) is 0 Å². The molecule has 0 spiro atoms. The number of urea groups is 1. The summed E-state index contributed by atoms with van der Waals surface area (Å²) in [6.07, 6.45) is 2.18. The first-order chi connectivity index (χ1) is 4.20. The summed E-state index contributed by atoms with van der Waals surface area (Å²) in [5.41, 5.74) is 4.89. The number of rotatable bonds is 1. The van der Waals surface area contributed by atoms with Crippen LogP contribution in [-0.2, 0) is 0 Å². The zero-order valence-corrected chi connectivity index (χ0v) is 5.48. The highest BCUT2D eigenvalue weighted by Gasteiger charge is 2.28. The minimum atomic E-state index is -0.434. The molecule has 3 N–H and O–H groups in total. The number of carbonyl (C=O) groups excluding carboxylic acids is 1. The van der Waals surface area contributed by atoms with E-state index in [0.29, 0.717) is 5.92 Å². The minimum Gasteiger partial charge on any atom is -0.352 e. The molecule has 3 nitrogen and oxygen atoms in total. The van der Waals surface area contributed by atoms with Gasteiger partial charge in [0.25, 0.3) is 0 Å². The molecule has 1 unspecified atom stereocenters. The first-order valence-electron chi connectivity index (χ1n) is 3.12. The predicted molar refractivity (Wildman–Crippen MR) is 34.4 cm³/mol. The Morgan fingerprint density at radius 2 is 2.56 bits per heavy atom. The molecule has 0 aromatic heterocycles. The molecule has 0 bridgehead atoms. The molecule has 1 rings (SSSR count). The van der Waals surface area contributed by atoms with E-state index in [9.17, 15) is 4.79 Å². The van der Waals surface area contributed by atoms with Crippen LogP contribution in [0, 0.1) is 12.0 Å². The fraction of sp³-hybridized carbons (Fsp3) is 0.667. The largest absolute Gasteiger partial charge is 0.352 e. The lowest BCUT2D eigenvalue weighted by molar-refractivity contribution is 0.240. The van der Waals surface area contributed by atoms with E-state index in [1.54, 1.807) is 0 Å². The number of hydrogen-bond donors (Lipinski definition) is 2. The van der Waals surface area contributed by atoms with E-state index < -0.39 is 6.03 Å².